The molecule has 0 spiro atoms. The summed E-state index contributed by atoms with van der Waals surface area (Å²) < 4.78 is 42.8. The van der Waals surface area contributed by atoms with Gasteiger partial charge in [-0.05, 0) is 44.9 Å². The van der Waals surface area contributed by atoms with Crippen LogP contribution in [0.1, 0.15) is 41.5 Å². The molecule has 0 N–H and O–H groups in total. The number of hydrogen-bond acceptors (Lipinski definition) is 6. The number of anilines is 1. The zero-order valence-electron chi connectivity index (χ0n) is 17.6. The minimum absolute atomic E-state index is 0.0821. The third-order valence-corrected chi connectivity index (χ3v) is 5.70. The Kier molecular flexibility index (Phi) is 4.83. The molecular weight excluding hydrogens is 421 g/mol. The topological polar surface area (TPSA) is 77.0 Å². The molecule has 0 amide bonds. The summed E-state index contributed by atoms with van der Waals surface area (Å²) in [5.41, 5.74) is 1.53. The second-order valence-electron chi connectivity index (χ2n) is 8.06. The summed E-state index contributed by atoms with van der Waals surface area (Å²) >= 11 is 0. The van der Waals surface area contributed by atoms with Gasteiger partial charge in [-0.3, -0.25) is 9.38 Å². The molecule has 5 rings (SSSR count). The molecule has 1 atom stereocenters. The molecule has 1 fully saturated rings. The predicted molar refractivity (Wildman–Crippen MR) is 111 cm³/mol. The van der Waals surface area contributed by atoms with Gasteiger partial charge < -0.3 is 4.90 Å². The molecule has 1 aliphatic rings. The van der Waals surface area contributed by atoms with Crippen LogP contribution in [-0.4, -0.2) is 47.4 Å². The van der Waals surface area contributed by atoms with Gasteiger partial charge in [0.05, 0.1) is 23.7 Å². The highest BCUT2D eigenvalue weighted by Crippen LogP contribution is 2.32. The maximum Gasteiger partial charge on any atom is 0.417 e. The van der Waals surface area contributed by atoms with Crippen molar-refractivity contribution in [2.24, 2.45) is 0 Å². The Bertz CT molecular complexity index is 1280. The van der Waals surface area contributed by atoms with Gasteiger partial charge >= 0.3 is 6.18 Å². The molecule has 1 saturated heterocycles. The standard InChI is InChI=1S/C21H21F3N8/c1-13-8-14(2)32(29-13)19-10-25-9-18(26-19)30-7-3-4-15(11-30)20-28-27-17-6-5-16(12-31(17)20)21(22,23)24/h5-6,8-10,12,15H,3-4,7,11H2,1-2H3. The lowest BCUT2D eigenvalue weighted by molar-refractivity contribution is -0.137. The Balaban J connectivity index is 1.44. The summed E-state index contributed by atoms with van der Waals surface area (Å²) in [5, 5.41) is 12.8. The quantitative estimate of drug-likeness (QED) is 0.481. The molecule has 8 nitrogen and oxygen atoms in total. The number of aryl methyl sites for hydroxylation is 2. The van der Waals surface area contributed by atoms with Crippen molar-refractivity contribution >= 4 is 11.5 Å². The van der Waals surface area contributed by atoms with Crippen molar-refractivity contribution < 1.29 is 13.2 Å². The lowest BCUT2D eigenvalue weighted by Crippen LogP contribution is -2.36. The molecule has 4 aromatic rings. The molecule has 5 heterocycles. The first-order valence-corrected chi connectivity index (χ1v) is 10.3. The molecular formula is C21H21F3N8. The zero-order valence-corrected chi connectivity index (χ0v) is 17.6. The first-order chi connectivity index (χ1) is 15.3. The van der Waals surface area contributed by atoms with Gasteiger partial charge in [0.25, 0.3) is 0 Å². The summed E-state index contributed by atoms with van der Waals surface area (Å²) in [6.45, 7) is 5.21. The van der Waals surface area contributed by atoms with Crippen LogP contribution in [0.5, 0.6) is 0 Å². The van der Waals surface area contributed by atoms with Crippen molar-refractivity contribution in [2.45, 2.75) is 38.8 Å². The van der Waals surface area contributed by atoms with Crippen LogP contribution in [-0.2, 0) is 6.18 Å². The average molecular weight is 442 g/mol. The summed E-state index contributed by atoms with van der Waals surface area (Å²) in [6, 6.07) is 4.35. The third kappa shape index (κ3) is 3.67. The minimum Gasteiger partial charge on any atom is -0.355 e. The van der Waals surface area contributed by atoms with Crippen molar-refractivity contribution in [2.75, 3.05) is 18.0 Å². The predicted octanol–water partition coefficient (Wildman–Crippen LogP) is 3.72. The minimum atomic E-state index is -4.42. The van der Waals surface area contributed by atoms with E-state index in [1.165, 1.54) is 10.5 Å². The van der Waals surface area contributed by atoms with Crippen molar-refractivity contribution in [1.82, 2.24) is 34.3 Å². The Morgan fingerprint density at radius 3 is 2.62 bits per heavy atom. The van der Waals surface area contributed by atoms with E-state index in [2.05, 4.69) is 25.2 Å². The van der Waals surface area contributed by atoms with Crippen molar-refractivity contribution in [3.63, 3.8) is 0 Å². The van der Waals surface area contributed by atoms with E-state index in [0.717, 1.165) is 43.0 Å². The monoisotopic (exact) mass is 442 g/mol. The van der Waals surface area contributed by atoms with E-state index in [-0.39, 0.29) is 5.92 Å². The van der Waals surface area contributed by atoms with Gasteiger partial charge in [-0.25, -0.2) is 9.67 Å². The number of fused-ring (bicyclic) bond motifs is 1. The molecule has 0 aromatic carbocycles. The number of pyridine rings is 1. The number of aromatic nitrogens is 7. The van der Waals surface area contributed by atoms with Crippen LogP contribution in [0, 0.1) is 13.8 Å². The zero-order chi connectivity index (χ0) is 22.5. The Morgan fingerprint density at radius 2 is 1.88 bits per heavy atom. The lowest BCUT2D eigenvalue weighted by Gasteiger charge is -2.32. The largest absolute Gasteiger partial charge is 0.417 e. The first-order valence-electron chi connectivity index (χ1n) is 10.3. The molecule has 1 unspecified atom stereocenters. The van der Waals surface area contributed by atoms with Gasteiger partial charge in [0.1, 0.15) is 11.6 Å². The van der Waals surface area contributed by atoms with E-state index >= 15 is 0 Å². The molecule has 0 aliphatic carbocycles. The van der Waals surface area contributed by atoms with Crippen LogP contribution in [0.2, 0.25) is 0 Å². The summed E-state index contributed by atoms with van der Waals surface area (Å²) in [5.74, 6) is 1.77. The fraction of sp³-hybridized carbons (Fsp3) is 0.381. The molecule has 11 heteroatoms. The van der Waals surface area contributed by atoms with Gasteiger partial charge in [0, 0.05) is 30.9 Å². The fourth-order valence-electron chi connectivity index (χ4n) is 4.21. The van der Waals surface area contributed by atoms with Crippen molar-refractivity contribution in [1.29, 1.82) is 0 Å². The van der Waals surface area contributed by atoms with Crippen LogP contribution in [0.4, 0.5) is 19.0 Å². The number of hydrogen-bond donors (Lipinski definition) is 0. The van der Waals surface area contributed by atoms with E-state index in [1.807, 2.05) is 19.9 Å². The van der Waals surface area contributed by atoms with E-state index in [4.69, 9.17) is 4.98 Å². The Morgan fingerprint density at radius 1 is 1.06 bits per heavy atom. The van der Waals surface area contributed by atoms with Gasteiger partial charge in [-0.1, -0.05) is 0 Å². The van der Waals surface area contributed by atoms with Crippen LogP contribution in [0.25, 0.3) is 11.5 Å². The Labute approximate surface area is 181 Å². The fourth-order valence-corrected chi connectivity index (χ4v) is 4.21. The molecule has 1 aliphatic heterocycles. The van der Waals surface area contributed by atoms with Crippen molar-refractivity contribution in [3.8, 4) is 5.82 Å². The SMILES string of the molecule is Cc1cc(C)n(-c2cncc(N3CCCC(c4nnc5ccc(C(F)(F)F)cn45)C3)n2)n1. The summed E-state index contributed by atoms with van der Waals surface area (Å²) in [4.78, 5) is 11.2. The molecule has 32 heavy (non-hydrogen) atoms. The van der Waals surface area contributed by atoms with Crippen LogP contribution < -0.4 is 4.90 Å². The first kappa shape index (κ1) is 20.4. The Hall–Kier alpha value is -3.50. The average Bonchev–Trinajstić information content (AvgIpc) is 3.35. The van der Waals surface area contributed by atoms with E-state index in [9.17, 15) is 13.2 Å². The summed E-state index contributed by atoms with van der Waals surface area (Å²) in [7, 11) is 0. The van der Waals surface area contributed by atoms with E-state index in [0.29, 0.717) is 29.7 Å². The summed E-state index contributed by atoms with van der Waals surface area (Å²) in [6.07, 6.45) is 1.67. The van der Waals surface area contributed by atoms with Gasteiger partial charge in [-0.15, -0.1) is 10.2 Å². The van der Waals surface area contributed by atoms with Crippen LogP contribution >= 0.6 is 0 Å². The highest BCUT2D eigenvalue weighted by atomic mass is 19.4. The van der Waals surface area contributed by atoms with E-state index in [1.54, 1.807) is 17.1 Å². The molecule has 0 saturated carbocycles. The highest BCUT2D eigenvalue weighted by Gasteiger charge is 2.32. The third-order valence-electron chi connectivity index (χ3n) is 5.70. The second-order valence-corrected chi connectivity index (χ2v) is 8.06. The maximum absolute atomic E-state index is 13.2. The molecule has 166 valence electrons. The molecule has 0 bridgehead atoms. The van der Waals surface area contributed by atoms with Crippen LogP contribution in [0.3, 0.4) is 0 Å². The smallest absolute Gasteiger partial charge is 0.355 e. The van der Waals surface area contributed by atoms with Crippen molar-refractivity contribution in [3.05, 3.63) is 59.6 Å². The van der Waals surface area contributed by atoms with Gasteiger partial charge in [-0.2, -0.15) is 18.3 Å². The van der Waals surface area contributed by atoms with Gasteiger partial charge in [0.15, 0.2) is 11.5 Å². The van der Waals surface area contributed by atoms with Crippen LogP contribution in [0.15, 0.2) is 36.8 Å². The normalized spacial score (nSPS) is 17.3. The lowest BCUT2D eigenvalue weighted by atomic mass is 9.97. The number of rotatable bonds is 3. The second kappa shape index (κ2) is 7.57. The highest BCUT2D eigenvalue weighted by molar-refractivity contribution is 5.43. The maximum atomic E-state index is 13.2. The molecule has 4 aromatic heterocycles. The molecule has 0 radical (unpaired) electrons. The van der Waals surface area contributed by atoms with E-state index < -0.39 is 11.7 Å². The number of alkyl halides is 3. The number of piperidine rings is 1. The number of nitrogens with zero attached hydrogens (tertiary/aromatic N) is 8. The number of halogens is 3. The van der Waals surface area contributed by atoms with Gasteiger partial charge in [0.2, 0.25) is 0 Å².